The lowest BCUT2D eigenvalue weighted by Gasteiger charge is -2.51. The number of β-lactam (4-membered cyclic amide) rings is 1. The molecule has 0 radical (unpaired) electrons. The summed E-state index contributed by atoms with van der Waals surface area (Å²) in [6.07, 6.45) is 8.23. The quantitative estimate of drug-likeness (QED) is 0.124. The zero-order valence-electron chi connectivity index (χ0n) is 28.1. The van der Waals surface area contributed by atoms with Gasteiger partial charge in [-0.1, -0.05) is 48.9 Å². The zero-order chi connectivity index (χ0) is 34.7. The van der Waals surface area contributed by atoms with Crippen molar-refractivity contribution in [3.05, 3.63) is 81.0 Å². The lowest BCUT2D eigenvalue weighted by atomic mass is 9.54. The van der Waals surface area contributed by atoms with Gasteiger partial charge in [0.1, 0.15) is 23.8 Å². The fourth-order valence-electron chi connectivity index (χ4n) is 9.58. The molecule has 9 nitrogen and oxygen atoms in total. The van der Waals surface area contributed by atoms with Gasteiger partial charge in [0.2, 0.25) is 5.91 Å². The van der Waals surface area contributed by atoms with Crippen LogP contribution >= 0.6 is 11.6 Å². The van der Waals surface area contributed by atoms with Gasteiger partial charge in [-0.2, -0.15) is 0 Å². The van der Waals surface area contributed by atoms with Gasteiger partial charge in [0.15, 0.2) is 0 Å². The molecule has 10 heteroatoms. The van der Waals surface area contributed by atoms with E-state index in [-0.39, 0.29) is 24.1 Å². The number of esters is 1. The summed E-state index contributed by atoms with van der Waals surface area (Å²) in [5.41, 5.74) is 4.79. The Labute approximate surface area is 291 Å². The summed E-state index contributed by atoms with van der Waals surface area (Å²) in [6.45, 7) is 3.61. The first-order valence-electron chi connectivity index (χ1n) is 17.1. The van der Waals surface area contributed by atoms with Gasteiger partial charge < -0.3 is 29.3 Å². The maximum absolute atomic E-state index is 12.8. The molecule has 4 bridgehead atoms. The molecular formula is C39H42ClNO8. The van der Waals surface area contributed by atoms with Crippen LogP contribution in [0.25, 0.3) is 17.4 Å². The minimum atomic E-state index is -1.17. The second-order valence-corrected chi connectivity index (χ2v) is 14.7. The molecule has 2 aliphatic heterocycles. The summed E-state index contributed by atoms with van der Waals surface area (Å²) in [7, 11) is 3.02. The summed E-state index contributed by atoms with van der Waals surface area (Å²) in [5.74, 6) is 0.916. The predicted octanol–water partition coefficient (Wildman–Crippen LogP) is 6.57. The molecule has 4 aliphatic carbocycles. The van der Waals surface area contributed by atoms with Crippen LogP contribution in [0.4, 0.5) is 0 Å². The molecule has 2 heterocycles. The van der Waals surface area contributed by atoms with Gasteiger partial charge in [-0.15, -0.1) is 0 Å². The number of carbonyl (C=O) groups is 3. The van der Waals surface area contributed by atoms with E-state index in [2.05, 4.69) is 0 Å². The van der Waals surface area contributed by atoms with E-state index >= 15 is 0 Å². The predicted molar refractivity (Wildman–Crippen MR) is 184 cm³/mol. The molecule has 0 aromatic heterocycles. The molecular weight excluding hydrogens is 646 g/mol. The van der Waals surface area contributed by atoms with Gasteiger partial charge in [-0.3, -0.25) is 4.79 Å². The van der Waals surface area contributed by atoms with E-state index in [9.17, 15) is 24.6 Å². The fraction of sp³-hybridized carbons (Fsp3) is 0.462. The van der Waals surface area contributed by atoms with Crippen LogP contribution in [0.5, 0.6) is 5.75 Å². The monoisotopic (exact) mass is 687 g/mol. The highest BCUT2D eigenvalue weighted by Gasteiger charge is 2.60. The van der Waals surface area contributed by atoms with E-state index in [4.69, 9.17) is 25.8 Å². The van der Waals surface area contributed by atoms with Crippen molar-refractivity contribution in [1.29, 1.82) is 0 Å². The smallest absolute Gasteiger partial charge is 0.352 e. The van der Waals surface area contributed by atoms with Crippen molar-refractivity contribution in [3.63, 3.8) is 0 Å². The molecule has 258 valence electrons. The Morgan fingerprint density at radius 3 is 2.22 bits per heavy atom. The number of methoxy groups -OCH3 is 2. The number of rotatable bonds is 10. The third kappa shape index (κ3) is 5.65. The van der Waals surface area contributed by atoms with Crippen LogP contribution in [-0.2, 0) is 30.5 Å². The van der Waals surface area contributed by atoms with Crippen LogP contribution in [-0.4, -0.2) is 59.3 Å². The normalized spacial score (nSPS) is 28.9. The number of aliphatic carboxylic acids is 1. The van der Waals surface area contributed by atoms with Crippen molar-refractivity contribution < 1.29 is 38.8 Å². The number of nitrogens with zero attached hydrogens (tertiary/aromatic N) is 1. The third-order valence-electron chi connectivity index (χ3n) is 11.5. The number of aliphatic hydroxyl groups excluding tert-OH is 1. The summed E-state index contributed by atoms with van der Waals surface area (Å²) in [4.78, 5) is 38.4. The number of fused-ring (bicyclic) bond motifs is 1. The summed E-state index contributed by atoms with van der Waals surface area (Å²) in [6, 6.07) is 10.8. The Balaban J connectivity index is 1.18. The molecule has 4 saturated carbocycles. The zero-order valence-corrected chi connectivity index (χ0v) is 28.9. The van der Waals surface area contributed by atoms with Crippen LogP contribution < -0.4 is 4.74 Å². The number of ether oxygens (including phenoxy) is 3. The number of benzene rings is 2. The number of hydrogen-bond acceptors (Lipinski definition) is 7. The first kappa shape index (κ1) is 33.4. The molecule has 2 N–H and O–H groups in total. The maximum atomic E-state index is 12.8. The maximum Gasteiger partial charge on any atom is 0.352 e. The number of carboxylic acid groups (broad SMARTS) is 1. The van der Waals surface area contributed by atoms with E-state index in [1.54, 1.807) is 20.1 Å². The Hall–Kier alpha value is -4.08. The average molecular weight is 688 g/mol. The Kier molecular flexibility index (Phi) is 8.86. The van der Waals surface area contributed by atoms with Crippen molar-refractivity contribution in [2.45, 2.75) is 64.7 Å². The van der Waals surface area contributed by atoms with Crippen LogP contribution in [0.1, 0.15) is 68.2 Å². The van der Waals surface area contributed by atoms with Crippen LogP contribution in [0.3, 0.4) is 0 Å². The van der Waals surface area contributed by atoms with E-state index in [1.807, 2.05) is 43.3 Å². The minimum absolute atomic E-state index is 0.0313. The number of halogens is 1. The molecule has 5 fully saturated rings. The molecule has 2 aromatic rings. The largest absolute Gasteiger partial charge is 0.496 e. The van der Waals surface area contributed by atoms with Crippen LogP contribution in [0.2, 0.25) is 5.02 Å². The lowest BCUT2D eigenvalue weighted by molar-refractivity contribution is -0.163. The molecule has 6 aliphatic rings. The van der Waals surface area contributed by atoms with Gasteiger partial charge in [0.25, 0.3) is 0 Å². The number of hydrogen-bond donors (Lipinski definition) is 2. The summed E-state index contributed by atoms with van der Waals surface area (Å²) < 4.78 is 17.3. The third-order valence-corrected chi connectivity index (χ3v) is 11.9. The first-order valence-corrected chi connectivity index (χ1v) is 17.5. The molecule has 2 aromatic carbocycles. The van der Waals surface area contributed by atoms with Crippen molar-refractivity contribution in [3.8, 4) is 5.75 Å². The van der Waals surface area contributed by atoms with E-state index in [0.29, 0.717) is 39.3 Å². The topological polar surface area (TPSA) is 123 Å². The molecule has 1 amide bonds. The second kappa shape index (κ2) is 13.0. The Morgan fingerprint density at radius 1 is 1.00 bits per heavy atom. The first-order chi connectivity index (χ1) is 23.5. The molecule has 8 rings (SSSR count). The van der Waals surface area contributed by atoms with Crippen molar-refractivity contribution >= 4 is 46.9 Å². The van der Waals surface area contributed by atoms with Gasteiger partial charge >= 0.3 is 11.9 Å². The van der Waals surface area contributed by atoms with Gasteiger partial charge in [0, 0.05) is 23.1 Å². The highest BCUT2D eigenvalue weighted by Crippen LogP contribution is 2.58. The molecule has 0 spiro atoms. The number of carboxylic acids is 1. The Morgan fingerprint density at radius 2 is 1.65 bits per heavy atom. The number of aliphatic hydroxyl groups is 1. The standard InChI is InChI=1S/C39H42ClNO8/c1-19-30(35(39(45)46)41-34(19)31(20(2)42)38(41)44)24-7-5-21(6-8-24)18-49-36-25(10-12-29(43)47-3)9-11-28(33(36)40)37(48-4)32-26-14-22-13-23(16-26)17-27(32)15-22/h5-12,19-20,22-23,26-27,31,34,42H,13-18H2,1-4H3,(H,45,46)/b12-10+,37-32?/t19-,20+,22?,23?,26-,27-,31+,34+/m0/s1. The number of amides is 1. The Bertz CT molecular complexity index is 1760. The van der Waals surface area contributed by atoms with Crippen molar-refractivity contribution in [2.24, 2.45) is 35.5 Å². The SMILES string of the molecule is COC(=O)/C=C/c1ccc(C(OC)=C2[C@H]3CC4CC(C3)C[C@@H]2C4)c(Cl)c1OCc1ccc(C2=C(C(=O)O)N3C(=O)[C@H]([C@@H](C)O)[C@H]3[C@H]2C)cc1. The minimum Gasteiger partial charge on any atom is -0.496 e. The highest BCUT2D eigenvalue weighted by atomic mass is 35.5. The van der Waals surface area contributed by atoms with Gasteiger partial charge in [0.05, 0.1) is 37.3 Å². The second-order valence-electron chi connectivity index (χ2n) is 14.3. The van der Waals surface area contributed by atoms with E-state index in [1.165, 1.54) is 55.8 Å². The fourth-order valence-corrected chi connectivity index (χ4v) is 9.90. The van der Waals surface area contributed by atoms with Crippen molar-refractivity contribution in [1.82, 2.24) is 4.90 Å². The van der Waals surface area contributed by atoms with Gasteiger partial charge in [-0.05, 0) is 97.1 Å². The lowest BCUT2D eigenvalue weighted by Crippen LogP contribution is -2.63. The van der Waals surface area contributed by atoms with Crippen LogP contribution in [0.15, 0.2) is 53.7 Å². The summed E-state index contributed by atoms with van der Waals surface area (Å²) in [5, 5.41) is 20.7. The van der Waals surface area contributed by atoms with Crippen molar-refractivity contribution in [2.75, 3.05) is 14.2 Å². The average Bonchev–Trinajstić information content (AvgIpc) is 3.33. The highest BCUT2D eigenvalue weighted by molar-refractivity contribution is 6.34. The molecule has 4 atom stereocenters. The summed E-state index contributed by atoms with van der Waals surface area (Å²) >= 11 is 7.17. The van der Waals surface area contributed by atoms with Crippen LogP contribution in [0, 0.1) is 35.5 Å². The number of carbonyl (C=O) groups excluding carboxylic acids is 2. The van der Waals surface area contributed by atoms with E-state index < -0.39 is 30.0 Å². The number of allylic oxidation sites excluding steroid dienone is 1. The molecule has 1 saturated heterocycles. The van der Waals surface area contributed by atoms with E-state index in [0.717, 1.165) is 28.7 Å². The molecule has 49 heavy (non-hydrogen) atoms. The van der Waals surface area contributed by atoms with Gasteiger partial charge in [-0.25, -0.2) is 9.59 Å². The molecule has 0 unspecified atom stereocenters.